The first kappa shape index (κ1) is 29.0. The third-order valence-corrected chi connectivity index (χ3v) is 6.30. The van der Waals surface area contributed by atoms with E-state index in [0.29, 0.717) is 17.9 Å². The Morgan fingerprint density at radius 3 is 2.17 bits per heavy atom. The monoisotopic (exact) mass is 504 g/mol. The number of hydrogen-bond donors (Lipinski definition) is 5. The van der Waals surface area contributed by atoms with Gasteiger partial charge in [-0.1, -0.05) is 49.7 Å². The molecule has 0 amide bonds. The average molecular weight is 505 g/mol. The molecule has 10 heteroatoms. The van der Waals surface area contributed by atoms with Gasteiger partial charge < -0.3 is 30.3 Å². The van der Waals surface area contributed by atoms with Crippen LogP contribution in [0.25, 0.3) is 0 Å². The molecule has 1 fully saturated rings. The van der Waals surface area contributed by atoms with Crippen LogP contribution < -0.4 is 5.32 Å². The molecule has 0 bridgehead atoms. The molecule has 1 saturated carbocycles. The summed E-state index contributed by atoms with van der Waals surface area (Å²) in [4.78, 5) is 30.5. The van der Waals surface area contributed by atoms with E-state index in [0.717, 1.165) is 24.4 Å². The van der Waals surface area contributed by atoms with Crippen LogP contribution in [0.5, 0.6) is 0 Å². The molecule has 1 aliphatic rings. The Morgan fingerprint density at radius 1 is 1.08 bits per heavy atom. The van der Waals surface area contributed by atoms with E-state index in [4.69, 9.17) is 24.9 Å². The van der Waals surface area contributed by atoms with Crippen LogP contribution in [-0.4, -0.2) is 55.1 Å². The predicted octanol–water partition coefficient (Wildman–Crippen LogP) is 3.36. The normalized spacial score (nSPS) is 17.5. The number of carboxylic acids is 3. The molecule has 1 heterocycles. The zero-order chi connectivity index (χ0) is 26.9. The van der Waals surface area contributed by atoms with Crippen molar-refractivity contribution in [2.75, 3.05) is 0 Å². The lowest BCUT2D eigenvalue weighted by Crippen LogP contribution is -2.42. The molecule has 198 valence electrons. The van der Waals surface area contributed by atoms with Crippen molar-refractivity contribution in [2.45, 2.75) is 83.4 Å². The van der Waals surface area contributed by atoms with Crippen molar-refractivity contribution in [3.05, 3.63) is 52.9 Å². The third-order valence-electron chi connectivity index (χ3n) is 6.30. The molecule has 3 rings (SSSR count). The number of aromatic nitrogens is 1. The van der Waals surface area contributed by atoms with Gasteiger partial charge in [-0.3, -0.25) is 9.59 Å². The zero-order valence-electron chi connectivity index (χ0n) is 20.9. The summed E-state index contributed by atoms with van der Waals surface area (Å²) >= 11 is 0. The van der Waals surface area contributed by atoms with Crippen LogP contribution >= 0.6 is 0 Å². The van der Waals surface area contributed by atoms with E-state index in [1.54, 1.807) is 0 Å². The van der Waals surface area contributed by atoms with Crippen LogP contribution in [0.3, 0.4) is 0 Å². The first-order valence-corrected chi connectivity index (χ1v) is 12.0. The van der Waals surface area contributed by atoms with Crippen LogP contribution in [-0.2, 0) is 27.3 Å². The second-order valence-electron chi connectivity index (χ2n) is 9.69. The van der Waals surface area contributed by atoms with Crippen molar-refractivity contribution < 1.29 is 39.3 Å². The van der Waals surface area contributed by atoms with Crippen LogP contribution in [0.1, 0.15) is 74.5 Å². The van der Waals surface area contributed by atoms with Crippen LogP contribution in [0, 0.1) is 12.8 Å². The van der Waals surface area contributed by atoms with Crippen molar-refractivity contribution in [3.63, 3.8) is 0 Å². The summed E-state index contributed by atoms with van der Waals surface area (Å²) < 4.78 is 5.40. The molecule has 1 aliphatic carbocycles. The van der Waals surface area contributed by atoms with Gasteiger partial charge in [0, 0.05) is 25.1 Å². The van der Waals surface area contributed by atoms with Gasteiger partial charge in [0.25, 0.3) is 0 Å². The van der Waals surface area contributed by atoms with Crippen LogP contribution in [0.15, 0.2) is 34.9 Å². The molecular formula is C26H36N2O8. The summed E-state index contributed by atoms with van der Waals surface area (Å²) in [5.41, 5.74) is 1.02. The van der Waals surface area contributed by atoms with Crippen LogP contribution in [0.4, 0.5) is 0 Å². The molecular weight excluding hydrogens is 468 g/mol. The molecule has 0 aliphatic heterocycles. The molecule has 1 aromatic heterocycles. The van der Waals surface area contributed by atoms with Gasteiger partial charge in [0.05, 0.1) is 18.5 Å². The van der Waals surface area contributed by atoms with Crippen molar-refractivity contribution in [3.8, 4) is 0 Å². The fraction of sp³-hybridized carbons (Fsp3) is 0.538. The topological polar surface area (TPSA) is 170 Å². The Labute approximate surface area is 210 Å². The number of aliphatic carboxylic acids is 3. The summed E-state index contributed by atoms with van der Waals surface area (Å²) in [6.07, 6.45) is 2.57. The summed E-state index contributed by atoms with van der Waals surface area (Å²) in [5, 5.41) is 41.6. The van der Waals surface area contributed by atoms with Crippen molar-refractivity contribution >= 4 is 17.9 Å². The smallest absolute Gasteiger partial charge is 0.336 e. The second-order valence-corrected chi connectivity index (χ2v) is 9.69. The van der Waals surface area contributed by atoms with Gasteiger partial charge in [-0.25, -0.2) is 4.79 Å². The molecule has 0 radical (unpaired) electrons. The minimum Gasteiger partial charge on any atom is -0.481 e. The van der Waals surface area contributed by atoms with Gasteiger partial charge in [-0.15, -0.1) is 0 Å². The van der Waals surface area contributed by atoms with Gasteiger partial charge in [-0.05, 0) is 42.7 Å². The Hall–Kier alpha value is -3.24. The predicted molar refractivity (Wildman–Crippen MR) is 131 cm³/mol. The average Bonchev–Trinajstić information content (AvgIpc) is 3.40. The van der Waals surface area contributed by atoms with E-state index in [2.05, 4.69) is 54.7 Å². The molecule has 0 unspecified atom stereocenters. The van der Waals surface area contributed by atoms with E-state index >= 15 is 0 Å². The number of carboxylic acid groups (broad SMARTS) is 3. The number of rotatable bonds is 11. The van der Waals surface area contributed by atoms with Gasteiger partial charge in [0.1, 0.15) is 5.76 Å². The van der Waals surface area contributed by atoms with E-state index in [9.17, 15) is 14.4 Å². The molecule has 0 spiro atoms. The first-order valence-electron chi connectivity index (χ1n) is 12.0. The van der Waals surface area contributed by atoms with E-state index < -0.39 is 36.4 Å². The fourth-order valence-electron chi connectivity index (χ4n) is 4.30. The van der Waals surface area contributed by atoms with E-state index in [-0.39, 0.29) is 0 Å². The summed E-state index contributed by atoms with van der Waals surface area (Å²) in [5.74, 6) is -2.73. The first-order chi connectivity index (χ1) is 16.9. The molecule has 2 aromatic rings. The van der Waals surface area contributed by atoms with Crippen LogP contribution in [0.2, 0.25) is 0 Å². The van der Waals surface area contributed by atoms with Crippen molar-refractivity contribution in [1.82, 2.24) is 10.5 Å². The Bertz CT molecular complexity index is 999. The number of aliphatic hydroxyl groups is 1. The highest BCUT2D eigenvalue weighted by atomic mass is 16.5. The maximum absolute atomic E-state index is 10.3. The lowest BCUT2D eigenvalue weighted by molar-refractivity contribution is -0.170. The van der Waals surface area contributed by atoms with Gasteiger partial charge in [0.2, 0.25) is 0 Å². The number of nitrogens with one attached hydrogen (secondary N) is 1. The van der Waals surface area contributed by atoms with E-state index in [1.165, 1.54) is 30.4 Å². The van der Waals surface area contributed by atoms with Gasteiger partial charge in [-0.2, -0.15) is 0 Å². The maximum atomic E-state index is 10.3. The van der Waals surface area contributed by atoms with Crippen molar-refractivity contribution in [2.24, 2.45) is 5.92 Å². The third kappa shape index (κ3) is 9.09. The highest BCUT2D eigenvalue weighted by Gasteiger charge is 2.40. The fourth-order valence-corrected chi connectivity index (χ4v) is 4.30. The molecule has 5 N–H and O–H groups in total. The SMILES string of the molecule is Cc1cc(C[C@@H]2CCC[C@H]2NCc2ccc(C(C)C)cc2)on1.O=C(O)CC(O)(CC(=O)O)C(=O)O. The minimum absolute atomic E-state index is 0.588. The Morgan fingerprint density at radius 2 is 1.69 bits per heavy atom. The van der Waals surface area contributed by atoms with E-state index in [1.807, 2.05) is 6.92 Å². The Kier molecular flexibility index (Phi) is 10.6. The lowest BCUT2D eigenvalue weighted by Gasteiger charge is -2.20. The molecule has 10 nitrogen and oxygen atoms in total. The largest absolute Gasteiger partial charge is 0.481 e. The van der Waals surface area contributed by atoms with Crippen molar-refractivity contribution in [1.29, 1.82) is 0 Å². The minimum atomic E-state index is -2.74. The summed E-state index contributed by atoms with van der Waals surface area (Å²) in [7, 11) is 0. The number of hydrogen-bond acceptors (Lipinski definition) is 7. The summed E-state index contributed by atoms with van der Waals surface area (Å²) in [6.45, 7) is 7.41. The quantitative estimate of drug-likeness (QED) is 0.306. The number of aryl methyl sites for hydroxylation is 1. The number of benzene rings is 1. The summed E-state index contributed by atoms with van der Waals surface area (Å²) in [6, 6.07) is 11.7. The highest BCUT2D eigenvalue weighted by molar-refractivity contribution is 5.88. The maximum Gasteiger partial charge on any atom is 0.336 e. The molecule has 36 heavy (non-hydrogen) atoms. The zero-order valence-corrected chi connectivity index (χ0v) is 20.9. The van der Waals surface area contributed by atoms with Gasteiger partial charge in [0.15, 0.2) is 5.60 Å². The number of nitrogens with zero attached hydrogens (tertiary/aromatic N) is 1. The lowest BCUT2D eigenvalue weighted by atomic mass is 9.96. The Balaban J connectivity index is 0.000000302. The molecule has 2 atom stereocenters. The molecule has 1 aromatic carbocycles. The second kappa shape index (κ2) is 13.2. The highest BCUT2D eigenvalue weighted by Crippen LogP contribution is 2.29. The number of carbonyl (C=O) groups is 3. The molecule has 0 saturated heterocycles. The standard InChI is InChI=1S/C20H28N2O.C6H8O7/c1-14(2)17-9-7-16(8-10-17)13-21-20-6-4-5-18(20)12-19-11-15(3)22-23-19;7-3(8)1-6(13,5(11)12)2-4(9)10/h7-11,14,18,20-21H,4-6,12-13H2,1-3H3;13H,1-2H2,(H,7,8)(H,9,10)(H,11,12)/t18-,20+;/m0./s1. The van der Waals surface area contributed by atoms with Gasteiger partial charge >= 0.3 is 17.9 Å².